The minimum atomic E-state index is -0.219. The average Bonchev–Trinajstić information content (AvgIpc) is 2.74. The van der Waals surface area contributed by atoms with E-state index in [0.717, 1.165) is 29.3 Å². The minimum Gasteiger partial charge on any atom is -0.338 e. The number of rotatable bonds is 3. The summed E-state index contributed by atoms with van der Waals surface area (Å²) < 4.78 is 0. The number of piperidine rings is 1. The predicted molar refractivity (Wildman–Crippen MR) is 113 cm³/mol. The molecule has 142 valence electrons. The smallest absolute Gasteiger partial charge is 0.253 e. The molecule has 2 amide bonds. The Hall–Kier alpha value is -2.85. The highest BCUT2D eigenvalue weighted by molar-refractivity contribution is 6.30. The van der Waals surface area contributed by atoms with Gasteiger partial charge in [-0.3, -0.25) is 9.59 Å². The summed E-state index contributed by atoms with van der Waals surface area (Å²) in [7, 11) is 0. The summed E-state index contributed by atoms with van der Waals surface area (Å²) in [4.78, 5) is 27.4. The largest absolute Gasteiger partial charge is 0.338 e. The van der Waals surface area contributed by atoms with E-state index in [0.29, 0.717) is 23.7 Å². The number of nitrogens with zero attached hydrogens (tertiary/aromatic N) is 1. The molecule has 5 heteroatoms. The van der Waals surface area contributed by atoms with Gasteiger partial charge in [-0.05, 0) is 48.6 Å². The van der Waals surface area contributed by atoms with Gasteiger partial charge in [-0.25, -0.2) is 0 Å². The predicted octanol–water partition coefficient (Wildman–Crippen LogP) is 4.98. The second-order valence-corrected chi connectivity index (χ2v) is 7.55. The first-order chi connectivity index (χ1) is 13.6. The third-order valence-corrected chi connectivity index (χ3v) is 5.47. The zero-order valence-electron chi connectivity index (χ0n) is 15.4. The monoisotopic (exact) mass is 392 g/mol. The molecule has 1 unspecified atom stereocenters. The fraction of sp³-hybridized carbons (Fsp3) is 0.217. The molecule has 1 N–H and O–H groups in total. The van der Waals surface area contributed by atoms with Crippen molar-refractivity contribution in [3.8, 4) is 0 Å². The number of carbonyl (C=O) groups is 2. The molecule has 4 nitrogen and oxygen atoms in total. The van der Waals surface area contributed by atoms with Crippen molar-refractivity contribution in [3.05, 3.63) is 77.3 Å². The van der Waals surface area contributed by atoms with E-state index in [1.165, 1.54) is 0 Å². The lowest BCUT2D eigenvalue weighted by molar-refractivity contribution is -0.121. The molecule has 0 bridgehead atoms. The summed E-state index contributed by atoms with van der Waals surface area (Å²) in [5.74, 6) is -0.312. The molecular weight excluding hydrogens is 372 g/mol. The lowest BCUT2D eigenvalue weighted by atomic mass is 9.96. The molecule has 1 fully saturated rings. The zero-order chi connectivity index (χ0) is 19.5. The minimum absolute atomic E-state index is 0.0371. The number of carbonyl (C=O) groups excluding carboxylic acids is 2. The molecule has 4 rings (SSSR count). The SMILES string of the molecule is O=C(Nc1cccc2ccccc12)C1CCCN(C(=O)c2ccc(Cl)cc2)C1. The molecule has 1 atom stereocenters. The van der Waals surface area contributed by atoms with Gasteiger partial charge in [0, 0.05) is 34.7 Å². The van der Waals surface area contributed by atoms with Crippen LogP contribution in [0.5, 0.6) is 0 Å². The number of nitrogens with one attached hydrogen (secondary N) is 1. The van der Waals surface area contributed by atoms with Crippen molar-refractivity contribution in [2.75, 3.05) is 18.4 Å². The Kier molecular flexibility index (Phi) is 5.31. The van der Waals surface area contributed by atoms with E-state index < -0.39 is 0 Å². The third-order valence-electron chi connectivity index (χ3n) is 5.22. The summed E-state index contributed by atoms with van der Waals surface area (Å²) in [6.45, 7) is 1.09. The molecular formula is C23H21ClN2O2. The van der Waals surface area contributed by atoms with E-state index in [4.69, 9.17) is 11.6 Å². The molecule has 3 aromatic rings. The number of fused-ring (bicyclic) bond motifs is 1. The second kappa shape index (κ2) is 8.03. The van der Waals surface area contributed by atoms with Crippen LogP contribution < -0.4 is 5.32 Å². The van der Waals surface area contributed by atoms with E-state index in [2.05, 4.69) is 5.32 Å². The molecule has 1 heterocycles. The molecule has 1 aliphatic rings. The van der Waals surface area contributed by atoms with Crippen LogP contribution in [0, 0.1) is 5.92 Å². The van der Waals surface area contributed by atoms with Gasteiger partial charge in [-0.2, -0.15) is 0 Å². The van der Waals surface area contributed by atoms with Gasteiger partial charge in [-0.1, -0.05) is 48.0 Å². The third kappa shape index (κ3) is 3.87. The van der Waals surface area contributed by atoms with Gasteiger partial charge < -0.3 is 10.2 Å². The Bertz CT molecular complexity index is 1010. The molecule has 0 aliphatic carbocycles. The maximum absolute atomic E-state index is 12.9. The molecule has 0 aromatic heterocycles. The number of likely N-dealkylation sites (tertiary alicyclic amines) is 1. The first kappa shape index (κ1) is 18.5. The quantitative estimate of drug-likeness (QED) is 0.683. The number of benzene rings is 3. The summed E-state index contributed by atoms with van der Waals surface area (Å²) in [6, 6.07) is 20.7. The van der Waals surface area contributed by atoms with Crippen LogP contribution in [0.3, 0.4) is 0 Å². The summed E-state index contributed by atoms with van der Waals surface area (Å²) in [6.07, 6.45) is 1.59. The van der Waals surface area contributed by atoms with Crippen LogP contribution in [0.15, 0.2) is 66.7 Å². The van der Waals surface area contributed by atoms with Crippen LogP contribution in [0.1, 0.15) is 23.2 Å². The Balaban J connectivity index is 1.47. The van der Waals surface area contributed by atoms with Crippen molar-refractivity contribution in [1.29, 1.82) is 0 Å². The zero-order valence-corrected chi connectivity index (χ0v) is 16.2. The van der Waals surface area contributed by atoms with Crippen molar-refractivity contribution in [2.45, 2.75) is 12.8 Å². The number of halogens is 1. The highest BCUT2D eigenvalue weighted by Gasteiger charge is 2.29. The van der Waals surface area contributed by atoms with Gasteiger partial charge in [0.1, 0.15) is 0 Å². The summed E-state index contributed by atoms with van der Waals surface area (Å²) in [5, 5.41) is 5.77. The van der Waals surface area contributed by atoms with E-state index in [1.807, 2.05) is 42.5 Å². The molecule has 0 saturated carbocycles. The normalized spacial score (nSPS) is 16.8. The average molecular weight is 393 g/mol. The number of anilines is 1. The van der Waals surface area contributed by atoms with Crippen molar-refractivity contribution in [3.63, 3.8) is 0 Å². The van der Waals surface area contributed by atoms with Gasteiger partial charge in [0.15, 0.2) is 0 Å². The maximum atomic E-state index is 12.9. The Morgan fingerprint density at radius 3 is 2.54 bits per heavy atom. The van der Waals surface area contributed by atoms with Gasteiger partial charge in [0.2, 0.25) is 5.91 Å². The van der Waals surface area contributed by atoms with E-state index in [9.17, 15) is 9.59 Å². The van der Waals surface area contributed by atoms with E-state index >= 15 is 0 Å². The fourth-order valence-corrected chi connectivity index (χ4v) is 3.85. The van der Waals surface area contributed by atoms with Crippen LogP contribution in [-0.2, 0) is 4.79 Å². The van der Waals surface area contributed by atoms with Crippen LogP contribution >= 0.6 is 11.6 Å². The lowest BCUT2D eigenvalue weighted by Gasteiger charge is -2.32. The molecule has 0 spiro atoms. The van der Waals surface area contributed by atoms with E-state index in [-0.39, 0.29) is 17.7 Å². The van der Waals surface area contributed by atoms with Gasteiger partial charge in [0.25, 0.3) is 5.91 Å². The first-order valence-corrected chi connectivity index (χ1v) is 9.83. The molecule has 28 heavy (non-hydrogen) atoms. The lowest BCUT2D eigenvalue weighted by Crippen LogP contribution is -2.43. The van der Waals surface area contributed by atoms with Crippen LogP contribution in [0.25, 0.3) is 10.8 Å². The number of hydrogen-bond donors (Lipinski definition) is 1. The van der Waals surface area contributed by atoms with Crippen molar-refractivity contribution >= 4 is 39.9 Å². The Morgan fingerprint density at radius 2 is 1.71 bits per heavy atom. The Morgan fingerprint density at radius 1 is 0.964 bits per heavy atom. The Labute approximate surface area is 169 Å². The van der Waals surface area contributed by atoms with Crippen LogP contribution in [0.4, 0.5) is 5.69 Å². The highest BCUT2D eigenvalue weighted by atomic mass is 35.5. The van der Waals surface area contributed by atoms with Crippen LogP contribution in [0.2, 0.25) is 5.02 Å². The standard InChI is InChI=1S/C23H21ClN2O2/c24-19-12-10-17(11-13-19)23(28)26-14-4-7-18(15-26)22(27)25-21-9-3-6-16-5-1-2-8-20(16)21/h1-3,5-6,8-13,18H,4,7,14-15H2,(H,25,27). The van der Waals surface area contributed by atoms with Gasteiger partial charge in [-0.15, -0.1) is 0 Å². The fourth-order valence-electron chi connectivity index (χ4n) is 3.72. The van der Waals surface area contributed by atoms with Crippen molar-refractivity contribution in [2.24, 2.45) is 5.92 Å². The van der Waals surface area contributed by atoms with Crippen LogP contribution in [-0.4, -0.2) is 29.8 Å². The maximum Gasteiger partial charge on any atom is 0.253 e. The van der Waals surface area contributed by atoms with E-state index in [1.54, 1.807) is 29.2 Å². The second-order valence-electron chi connectivity index (χ2n) is 7.11. The highest BCUT2D eigenvalue weighted by Crippen LogP contribution is 2.25. The summed E-state index contributed by atoms with van der Waals surface area (Å²) >= 11 is 5.91. The molecule has 1 saturated heterocycles. The van der Waals surface area contributed by atoms with Crippen molar-refractivity contribution in [1.82, 2.24) is 4.90 Å². The van der Waals surface area contributed by atoms with Gasteiger partial charge >= 0.3 is 0 Å². The summed E-state index contributed by atoms with van der Waals surface area (Å²) in [5.41, 5.74) is 1.41. The molecule has 3 aromatic carbocycles. The first-order valence-electron chi connectivity index (χ1n) is 9.45. The number of amides is 2. The topological polar surface area (TPSA) is 49.4 Å². The molecule has 0 radical (unpaired) electrons. The van der Waals surface area contributed by atoms with Crippen molar-refractivity contribution < 1.29 is 9.59 Å². The number of hydrogen-bond acceptors (Lipinski definition) is 2. The molecule has 1 aliphatic heterocycles. The van der Waals surface area contributed by atoms with Gasteiger partial charge in [0.05, 0.1) is 5.92 Å².